The Morgan fingerprint density at radius 2 is 0.467 bits per heavy atom. The third kappa shape index (κ3) is 6.05. The lowest BCUT2D eigenvalue weighted by molar-refractivity contribution is 0.675. The molecule has 9 heteroatoms. The van der Waals surface area contributed by atoms with Crippen molar-refractivity contribution in [3.8, 4) is 0 Å². The lowest BCUT2D eigenvalue weighted by Gasteiger charge is -2.22. The van der Waals surface area contributed by atoms with E-state index in [9.17, 15) is 0 Å². The van der Waals surface area contributed by atoms with Gasteiger partial charge in [-0.2, -0.15) is 0 Å². The van der Waals surface area contributed by atoms with Crippen molar-refractivity contribution in [1.82, 2.24) is 44.9 Å². The van der Waals surface area contributed by atoms with E-state index < -0.39 is 17.8 Å². The predicted molar refractivity (Wildman–Crippen MR) is 168 cm³/mol. The molecule has 0 aliphatic heterocycles. The molecule has 0 aromatic carbocycles. The van der Waals surface area contributed by atoms with Crippen molar-refractivity contribution >= 4 is 0 Å². The number of nitrogens with zero attached hydrogens (tertiary/aromatic N) is 9. The zero-order valence-electron chi connectivity index (χ0n) is 24.1. The number of rotatable bonds is 9. The fourth-order valence-electron chi connectivity index (χ4n) is 5.34. The Labute approximate surface area is 260 Å². The van der Waals surface area contributed by atoms with Crippen molar-refractivity contribution < 1.29 is 0 Å². The Balaban J connectivity index is 1.52. The summed E-state index contributed by atoms with van der Waals surface area (Å²) in [5.41, 5.74) is 4.58. The normalized spacial score (nSPS) is 11.3. The first-order valence-electron chi connectivity index (χ1n) is 14.6. The summed E-state index contributed by atoms with van der Waals surface area (Å²) in [6, 6.07) is 34.8. The number of hydrogen-bond donors (Lipinski definition) is 0. The molecule has 0 N–H and O–H groups in total. The molecule has 0 bridgehead atoms. The lowest BCUT2D eigenvalue weighted by atomic mass is 9.94. The van der Waals surface area contributed by atoms with Crippen LogP contribution in [-0.2, 0) is 0 Å². The van der Waals surface area contributed by atoms with Gasteiger partial charge in [0.25, 0.3) is 0 Å². The highest BCUT2D eigenvalue weighted by Crippen LogP contribution is 2.34. The lowest BCUT2D eigenvalue weighted by Crippen LogP contribution is -2.21. The standard InChI is InChI=1S/C36H27N9/c1-7-19-37-25(13-1)31(26-14-2-8-20-38-26)34-43-35(32(27-15-3-9-21-39-27)28-16-4-10-22-40-28)45-36(44-34)33(29-17-5-11-23-41-29)30-18-6-12-24-42-30/h1-24,31-33H. The first-order valence-corrected chi connectivity index (χ1v) is 14.6. The minimum absolute atomic E-state index is 0.478. The van der Waals surface area contributed by atoms with Gasteiger partial charge < -0.3 is 0 Å². The van der Waals surface area contributed by atoms with Gasteiger partial charge in [-0.05, 0) is 72.8 Å². The fraction of sp³-hybridized carbons (Fsp3) is 0.0833. The number of hydrogen-bond acceptors (Lipinski definition) is 9. The summed E-state index contributed by atoms with van der Waals surface area (Å²) in [5, 5.41) is 0. The summed E-state index contributed by atoms with van der Waals surface area (Å²) in [6.45, 7) is 0. The van der Waals surface area contributed by atoms with Crippen molar-refractivity contribution in [2.24, 2.45) is 0 Å². The van der Waals surface area contributed by atoms with E-state index in [1.165, 1.54) is 0 Å². The van der Waals surface area contributed by atoms with E-state index in [1.807, 2.05) is 109 Å². The highest BCUT2D eigenvalue weighted by molar-refractivity contribution is 5.37. The molecule has 0 radical (unpaired) electrons. The van der Waals surface area contributed by atoms with Gasteiger partial charge in [0.05, 0.1) is 34.2 Å². The zero-order valence-corrected chi connectivity index (χ0v) is 24.1. The van der Waals surface area contributed by atoms with Crippen LogP contribution in [0.2, 0.25) is 0 Å². The van der Waals surface area contributed by atoms with Crippen LogP contribution in [-0.4, -0.2) is 44.9 Å². The molecule has 7 aromatic heterocycles. The van der Waals surface area contributed by atoms with Gasteiger partial charge >= 0.3 is 0 Å². The van der Waals surface area contributed by atoms with Crippen molar-refractivity contribution in [3.63, 3.8) is 0 Å². The average Bonchev–Trinajstić information content (AvgIpc) is 3.12. The molecule has 0 fully saturated rings. The molecule has 0 aliphatic carbocycles. The van der Waals surface area contributed by atoms with E-state index in [-0.39, 0.29) is 0 Å². The smallest absolute Gasteiger partial charge is 0.147 e. The van der Waals surface area contributed by atoms with Crippen molar-refractivity contribution in [3.05, 3.63) is 198 Å². The van der Waals surface area contributed by atoms with E-state index in [0.29, 0.717) is 17.5 Å². The monoisotopic (exact) mass is 585 g/mol. The largest absolute Gasteiger partial charge is 0.260 e. The summed E-state index contributed by atoms with van der Waals surface area (Å²) in [4.78, 5) is 43.9. The van der Waals surface area contributed by atoms with E-state index in [4.69, 9.17) is 44.9 Å². The molecule has 7 heterocycles. The summed E-state index contributed by atoms with van der Waals surface area (Å²) in [7, 11) is 0. The van der Waals surface area contributed by atoms with Crippen LogP contribution in [0.3, 0.4) is 0 Å². The van der Waals surface area contributed by atoms with Gasteiger partial charge in [0, 0.05) is 37.2 Å². The zero-order chi connectivity index (χ0) is 30.3. The highest BCUT2D eigenvalue weighted by Gasteiger charge is 2.31. The van der Waals surface area contributed by atoms with E-state index in [0.717, 1.165) is 34.2 Å². The molecular formula is C36H27N9. The minimum atomic E-state index is -0.478. The highest BCUT2D eigenvalue weighted by atomic mass is 15.1. The van der Waals surface area contributed by atoms with Crippen molar-refractivity contribution in [2.75, 3.05) is 0 Å². The molecule has 0 atom stereocenters. The first-order chi connectivity index (χ1) is 22.3. The summed E-state index contributed by atoms with van der Waals surface area (Å²) in [6.07, 6.45) is 10.6. The third-order valence-corrected chi connectivity index (χ3v) is 7.36. The Morgan fingerprint density at radius 3 is 0.622 bits per heavy atom. The second kappa shape index (κ2) is 13.0. The van der Waals surface area contributed by atoms with Gasteiger partial charge in [0.15, 0.2) is 0 Å². The van der Waals surface area contributed by atoms with Crippen molar-refractivity contribution in [1.29, 1.82) is 0 Å². The number of pyridine rings is 6. The molecule has 0 saturated carbocycles. The second-order valence-corrected chi connectivity index (χ2v) is 10.2. The van der Waals surface area contributed by atoms with Crippen LogP contribution in [0, 0.1) is 0 Å². The average molecular weight is 586 g/mol. The van der Waals surface area contributed by atoms with Gasteiger partial charge in [0.1, 0.15) is 35.2 Å². The molecular weight excluding hydrogens is 558 g/mol. The maximum atomic E-state index is 5.19. The summed E-state index contributed by atoms with van der Waals surface area (Å²) >= 11 is 0. The van der Waals surface area contributed by atoms with Crippen molar-refractivity contribution in [2.45, 2.75) is 17.8 Å². The third-order valence-electron chi connectivity index (χ3n) is 7.36. The van der Waals surface area contributed by atoms with Crippen LogP contribution in [0.1, 0.15) is 69.4 Å². The molecule has 0 unspecified atom stereocenters. The van der Waals surface area contributed by atoms with Crippen LogP contribution in [0.5, 0.6) is 0 Å². The van der Waals surface area contributed by atoms with Crippen LogP contribution in [0.25, 0.3) is 0 Å². The van der Waals surface area contributed by atoms with Crippen LogP contribution >= 0.6 is 0 Å². The summed E-state index contributed by atoms with van der Waals surface area (Å²) < 4.78 is 0. The molecule has 7 aromatic rings. The molecule has 216 valence electrons. The Morgan fingerprint density at radius 1 is 0.267 bits per heavy atom. The van der Waals surface area contributed by atoms with E-state index in [1.54, 1.807) is 37.2 Å². The van der Waals surface area contributed by atoms with Crippen LogP contribution in [0.4, 0.5) is 0 Å². The van der Waals surface area contributed by atoms with Gasteiger partial charge in [0.2, 0.25) is 0 Å². The Hall–Kier alpha value is -6.09. The molecule has 7 rings (SSSR count). The maximum absolute atomic E-state index is 5.19. The van der Waals surface area contributed by atoms with Crippen LogP contribution in [0.15, 0.2) is 146 Å². The topological polar surface area (TPSA) is 116 Å². The van der Waals surface area contributed by atoms with Gasteiger partial charge in [-0.15, -0.1) is 0 Å². The Bertz CT molecular complexity index is 1590. The maximum Gasteiger partial charge on any atom is 0.147 e. The summed E-state index contributed by atoms with van der Waals surface area (Å²) in [5.74, 6) is 0.0702. The molecule has 0 spiro atoms. The first kappa shape index (κ1) is 27.7. The van der Waals surface area contributed by atoms with Gasteiger partial charge in [-0.25, -0.2) is 15.0 Å². The molecule has 0 aliphatic rings. The van der Waals surface area contributed by atoms with Gasteiger partial charge in [-0.3, -0.25) is 29.9 Å². The molecule has 0 amide bonds. The van der Waals surface area contributed by atoms with Gasteiger partial charge in [-0.1, -0.05) is 36.4 Å². The Kier molecular flexibility index (Phi) is 8.04. The second-order valence-electron chi connectivity index (χ2n) is 10.2. The SMILES string of the molecule is c1ccc(C(c2ccccn2)c2nc(C(c3ccccn3)c3ccccn3)nc(C(c3ccccn3)c3ccccn3)n2)nc1. The van der Waals surface area contributed by atoms with E-state index in [2.05, 4.69) is 0 Å². The minimum Gasteiger partial charge on any atom is -0.260 e. The predicted octanol–water partition coefficient (Wildman–Crippen LogP) is 5.78. The number of aromatic nitrogens is 9. The van der Waals surface area contributed by atoms with Crippen LogP contribution < -0.4 is 0 Å². The van der Waals surface area contributed by atoms with E-state index >= 15 is 0 Å². The molecule has 9 nitrogen and oxygen atoms in total. The molecule has 0 saturated heterocycles. The molecule has 45 heavy (non-hydrogen) atoms. The fourth-order valence-corrected chi connectivity index (χ4v) is 5.34. The quantitative estimate of drug-likeness (QED) is 0.208.